The third-order valence-electron chi connectivity index (χ3n) is 2.92. The maximum atomic E-state index is 11.8. The number of benzene rings is 1. The third-order valence-corrected chi connectivity index (χ3v) is 2.92. The van der Waals surface area contributed by atoms with Crippen LogP contribution in [0.15, 0.2) is 18.2 Å². The number of nitrogens with one attached hydrogen (secondary N) is 1. The fourth-order valence-corrected chi connectivity index (χ4v) is 1.83. The minimum absolute atomic E-state index is 0.0425. The van der Waals surface area contributed by atoms with Crippen molar-refractivity contribution in [2.75, 3.05) is 34.0 Å². The molecule has 0 spiro atoms. The summed E-state index contributed by atoms with van der Waals surface area (Å²) in [6, 6.07) is 5.34. The highest BCUT2D eigenvalue weighted by atomic mass is 19.4. The van der Waals surface area contributed by atoms with Gasteiger partial charge in [-0.05, 0) is 24.1 Å². The van der Waals surface area contributed by atoms with Gasteiger partial charge in [0.25, 0.3) is 0 Å². The molecule has 130 valence electrons. The van der Waals surface area contributed by atoms with Crippen molar-refractivity contribution >= 4 is 5.91 Å². The maximum absolute atomic E-state index is 11.8. The summed E-state index contributed by atoms with van der Waals surface area (Å²) in [5.41, 5.74) is 0.895. The number of aryl methyl sites for hydroxylation is 1. The first-order valence-electron chi connectivity index (χ1n) is 6.98. The molecule has 1 aromatic carbocycles. The van der Waals surface area contributed by atoms with E-state index in [9.17, 15) is 18.0 Å². The van der Waals surface area contributed by atoms with Crippen LogP contribution in [0.5, 0.6) is 11.5 Å². The van der Waals surface area contributed by atoms with Gasteiger partial charge in [0.05, 0.1) is 20.8 Å². The zero-order chi connectivity index (χ0) is 17.3. The van der Waals surface area contributed by atoms with E-state index in [0.29, 0.717) is 17.9 Å². The Kier molecular flexibility index (Phi) is 7.67. The zero-order valence-corrected chi connectivity index (χ0v) is 13.0. The minimum Gasteiger partial charge on any atom is -0.493 e. The molecule has 0 heterocycles. The van der Waals surface area contributed by atoms with Crippen molar-refractivity contribution in [1.29, 1.82) is 0 Å². The molecule has 0 saturated carbocycles. The summed E-state index contributed by atoms with van der Waals surface area (Å²) in [5.74, 6) is 0.920. The number of amides is 1. The lowest BCUT2D eigenvalue weighted by Gasteiger charge is -2.10. The fraction of sp³-hybridized carbons (Fsp3) is 0.533. The molecule has 0 aromatic heterocycles. The molecule has 0 saturated heterocycles. The minimum atomic E-state index is -4.35. The van der Waals surface area contributed by atoms with Gasteiger partial charge in [-0.15, -0.1) is 0 Å². The van der Waals surface area contributed by atoms with Gasteiger partial charge in [0, 0.05) is 13.0 Å². The van der Waals surface area contributed by atoms with Crippen molar-refractivity contribution < 1.29 is 32.2 Å². The molecular weight excluding hydrogens is 315 g/mol. The Bertz CT molecular complexity index is 506. The first-order chi connectivity index (χ1) is 10.9. The maximum Gasteiger partial charge on any atom is 0.411 e. The molecule has 23 heavy (non-hydrogen) atoms. The number of methoxy groups -OCH3 is 2. The van der Waals surface area contributed by atoms with Gasteiger partial charge in [0.15, 0.2) is 11.5 Å². The molecular formula is C15H20F3NO4. The molecule has 1 amide bonds. The van der Waals surface area contributed by atoms with Crippen molar-refractivity contribution in [2.45, 2.75) is 19.0 Å². The van der Waals surface area contributed by atoms with Crippen molar-refractivity contribution in [3.63, 3.8) is 0 Å². The van der Waals surface area contributed by atoms with Crippen LogP contribution >= 0.6 is 0 Å². The average molecular weight is 335 g/mol. The monoisotopic (exact) mass is 335 g/mol. The van der Waals surface area contributed by atoms with Gasteiger partial charge >= 0.3 is 6.18 Å². The number of carbonyl (C=O) groups is 1. The largest absolute Gasteiger partial charge is 0.493 e. The molecule has 0 aliphatic carbocycles. The van der Waals surface area contributed by atoms with Crippen LogP contribution in [-0.4, -0.2) is 46.1 Å². The summed E-state index contributed by atoms with van der Waals surface area (Å²) in [4.78, 5) is 11.6. The summed E-state index contributed by atoms with van der Waals surface area (Å²) in [6.07, 6.45) is -3.65. The number of hydrogen-bond donors (Lipinski definition) is 1. The van der Waals surface area contributed by atoms with E-state index in [-0.39, 0.29) is 25.5 Å². The first-order valence-corrected chi connectivity index (χ1v) is 6.98. The topological polar surface area (TPSA) is 56.8 Å². The van der Waals surface area contributed by atoms with Crippen LogP contribution in [-0.2, 0) is 16.0 Å². The summed E-state index contributed by atoms with van der Waals surface area (Å²) in [7, 11) is 3.06. The molecule has 1 N–H and O–H groups in total. The van der Waals surface area contributed by atoms with Gasteiger partial charge in [-0.3, -0.25) is 4.79 Å². The van der Waals surface area contributed by atoms with E-state index >= 15 is 0 Å². The molecule has 0 unspecified atom stereocenters. The normalized spacial score (nSPS) is 11.2. The standard InChI is InChI=1S/C15H20F3NO4/c1-21-12-5-3-11(9-13(12)22-2)4-6-14(20)19-7-8-23-10-15(16,17)18/h3,5,9H,4,6-8,10H2,1-2H3,(H,19,20). The van der Waals surface area contributed by atoms with Crippen molar-refractivity contribution in [2.24, 2.45) is 0 Å². The number of ether oxygens (including phenoxy) is 3. The average Bonchev–Trinajstić information content (AvgIpc) is 2.51. The van der Waals surface area contributed by atoms with Gasteiger partial charge in [0.1, 0.15) is 6.61 Å². The van der Waals surface area contributed by atoms with E-state index < -0.39 is 12.8 Å². The Labute approximate surface area is 132 Å². The molecule has 0 aliphatic rings. The lowest BCUT2D eigenvalue weighted by Crippen LogP contribution is -2.29. The van der Waals surface area contributed by atoms with E-state index in [4.69, 9.17) is 9.47 Å². The Hall–Kier alpha value is -1.96. The second-order valence-corrected chi connectivity index (χ2v) is 4.71. The molecule has 0 fully saturated rings. The van der Waals surface area contributed by atoms with E-state index in [2.05, 4.69) is 10.1 Å². The van der Waals surface area contributed by atoms with Crippen LogP contribution in [0.4, 0.5) is 13.2 Å². The highest BCUT2D eigenvalue weighted by Crippen LogP contribution is 2.27. The summed E-state index contributed by atoms with van der Waals surface area (Å²) in [6.45, 7) is -1.45. The molecule has 8 heteroatoms. The highest BCUT2D eigenvalue weighted by molar-refractivity contribution is 5.76. The second kappa shape index (κ2) is 9.24. The van der Waals surface area contributed by atoms with Crippen LogP contribution in [0.25, 0.3) is 0 Å². The highest BCUT2D eigenvalue weighted by Gasteiger charge is 2.27. The Morgan fingerprint density at radius 2 is 1.87 bits per heavy atom. The van der Waals surface area contributed by atoms with Crippen molar-refractivity contribution in [3.8, 4) is 11.5 Å². The molecule has 5 nitrogen and oxygen atoms in total. The predicted molar refractivity (Wildman–Crippen MR) is 77.8 cm³/mol. The number of hydrogen-bond acceptors (Lipinski definition) is 4. The SMILES string of the molecule is COc1ccc(CCC(=O)NCCOCC(F)(F)F)cc1OC. The van der Waals surface area contributed by atoms with E-state index in [1.54, 1.807) is 12.1 Å². The first kappa shape index (κ1) is 19.1. The lowest BCUT2D eigenvalue weighted by atomic mass is 10.1. The summed E-state index contributed by atoms with van der Waals surface area (Å²) >= 11 is 0. The zero-order valence-electron chi connectivity index (χ0n) is 13.0. The molecule has 0 aliphatic heterocycles. The lowest BCUT2D eigenvalue weighted by molar-refractivity contribution is -0.173. The molecule has 0 bridgehead atoms. The third kappa shape index (κ3) is 7.73. The molecule has 0 atom stereocenters. The van der Waals surface area contributed by atoms with Crippen LogP contribution < -0.4 is 14.8 Å². The molecule has 1 aromatic rings. The number of rotatable bonds is 9. The second-order valence-electron chi connectivity index (χ2n) is 4.71. The smallest absolute Gasteiger partial charge is 0.411 e. The fourth-order valence-electron chi connectivity index (χ4n) is 1.83. The predicted octanol–water partition coefficient (Wildman–Crippen LogP) is 2.33. The number of halogens is 3. The van der Waals surface area contributed by atoms with Gasteiger partial charge in [-0.1, -0.05) is 6.07 Å². The van der Waals surface area contributed by atoms with E-state index in [1.165, 1.54) is 14.2 Å². The summed E-state index contributed by atoms with van der Waals surface area (Å²) < 4.78 is 50.2. The Morgan fingerprint density at radius 3 is 2.48 bits per heavy atom. The number of carbonyl (C=O) groups excluding carboxylic acids is 1. The van der Waals surface area contributed by atoms with Crippen molar-refractivity contribution in [1.82, 2.24) is 5.32 Å². The molecule has 1 rings (SSSR count). The Balaban J connectivity index is 2.28. The van der Waals surface area contributed by atoms with E-state index in [0.717, 1.165) is 5.56 Å². The number of alkyl halides is 3. The van der Waals surface area contributed by atoms with Crippen LogP contribution in [0.2, 0.25) is 0 Å². The summed E-state index contributed by atoms with van der Waals surface area (Å²) in [5, 5.41) is 2.50. The van der Waals surface area contributed by atoms with Gasteiger partial charge < -0.3 is 19.5 Å². The van der Waals surface area contributed by atoms with Gasteiger partial charge in [-0.25, -0.2) is 0 Å². The van der Waals surface area contributed by atoms with Gasteiger partial charge in [-0.2, -0.15) is 13.2 Å². The van der Waals surface area contributed by atoms with Crippen molar-refractivity contribution in [3.05, 3.63) is 23.8 Å². The van der Waals surface area contributed by atoms with Crippen LogP contribution in [0, 0.1) is 0 Å². The Morgan fingerprint density at radius 1 is 1.17 bits per heavy atom. The van der Waals surface area contributed by atoms with Crippen LogP contribution in [0.3, 0.4) is 0 Å². The quantitative estimate of drug-likeness (QED) is 0.704. The van der Waals surface area contributed by atoms with E-state index in [1.807, 2.05) is 6.07 Å². The van der Waals surface area contributed by atoms with Gasteiger partial charge in [0.2, 0.25) is 5.91 Å². The molecule has 0 radical (unpaired) electrons. The van der Waals surface area contributed by atoms with Crippen LogP contribution in [0.1, 0.15) is 12.0 Å².